The van der Waals surface area contributed by atoms with E-state index in [2.05, 4.69) is 22.3 Å². The molecule has 216 valence electrons. The van der Waals surface area contributed by atoms with Crippen molar-refractivity contribution in [1.29, 1.82) is 0 Å². The average Bonchev–Trinajstić information content (AvgIpc) is 2.82. The lowest BCUT2D eigenvalue weighted by Crippen LogP contribution is -2.47. The Morgan fingerprint density at radius 1 is 0.974 bits per heavy atom. The smallest absolute Gasteiger partial charge is 0.478 e. The van der Waals surface area contributed by atoms with Crippen LogP contribution in [0.25, 0.3) is 0 Å². The van der Waals surface area contributed by atoms with Crippen molar-refractivity contribution in [1.82, 2.24) is 10.2 Å². The highest BCUT2D eigenvalue weighted by molar-refractivity contribution is 7.99. The van der Waals surface area contributed by atoms with Crippen LogP contribution in [0.15, 0.2) is 18.2 Å². The highest BCUT2D eigenvalue weighted by Crippen LogP contribution is 2.34. The minimum absolute atomic E-state index is 0.564. The number of nitrogens with zero attached hydrogens (tertiary/aromatic N) is 1. The molecule has 0 unspecified atom stereocenters. The zero-order valence-electron chi connectivity index (χ0n) is 20.2. The van der Waals surface area contributed by atoms with Crippen molar-refractivity contribution >= 4 is 29.7 Å². The number of ether oxygens (including phenoxy) is 1. The van der Waals surface area contributed by atoms with E-state index in [-0.39, 0.29) is 0 Å². The normalized spacial score (nSPS) is 17.7. The Bertz CT molecular complexity index is 923. The van der Waals surface area contributed by atoms with Gasteiger partial charge in [0, 0.05) is 45.6 Å². The molecular weight excluding hydrogens is 550 g/mol. The first-order valence-corrected chi connectivity index (χ1v) is 12.3. The summed E-state index contributed by atoms with van der Waals surface area (Å²) < 4.78 is 69.5. The van der Waals surface area contributed by atoms with Crippen molar-refractivity contribution in [2.75, 3.05) is 37.7 Å². The second-order valence-electron chi connectivity index (χ2n) is 8.25. The minimum Gasteiger partial charge on any atom is -0.478 e. The SMILES string of the molecule is Cc1cc(CN2CCNCC2)ccc1OC1(C(=O)O)CCSCC1.O=C(O)C(F)(F)F.O=C(O)C(F)(F)F. The van der Waals surface area contributed by atoms with E-state index in [4.69, 9.17) is 24.5 Å². The average molecular weight is 579 g/mol. The predicted octanol–water partition coefficient (Wildman–Crippen LogP) is 3.40. The molecule has 0 saturated carbocycles. The summed E-state index contributed by atoms with van der Waals surface area (Å²) in [6.45, 7) is 7.15. The lowest BCUT2D eigenvalue weighted by atomic mass is 9.96. The number of aryl methyl sites for hydroxylation is 1. The Balaban J connectivity index is 0.000000426. The summed E-state index contributed by atoms with van der Waals surface area (Å²) in [5.74, 6) is -3.97. The van der Waals surface area contributed by atoms with Crippen LogP contribution in [0.1, 0.15) is 24.0 Å². The molecule has 0 amide bonds. The van der Waals surface area contributed by atoms with Crippen molar-refractivity contribution in [3.05, 3.63) is 29.3 Å². The number of halogens is 6. The number of benzene rings is 1. The number of piperazine rings is 1. The van der Waals surface area contributed by atoms with E-state index in [0.29, 0.717) is 18.6 Å². The van der Waals surface area contributed by atoms with E-state index < -0.39 is 35.9 Å². The molecule has 4 N–H and O–H groups in total. The van der Waals surface area contributed by atoms with Crippen LogP contribution in [0.5, 0.6) is 5.75 Å². The fourth-order valence-electron chi connectivity index (χ4n) is 3.32. The summed E-state index contributed by atoms with van der Waals surface area (Å²) >= 11 is 1.80. The molecule has 2 heterocycles. The third kappa shape index (κ3) is 11.3. The van der Waals surface area contributed by atoms with Gasteiger partial charge in [0.1, 0.15) is 5.75 Å². The van der Waals surface area contributed by atoms with E-state index in [1.54, 1.807) is 11.8 Å². The van der Waals surface area contributed by atoms with Gasteiger partial charge < -0.3 is 25.4 Å². The number of rotatable bonds is 5. The highest BCUT2D eigenvalue weighted by atomic mass is 32.2. The number of nitrogens with one attached hydrogen (secondary N) is 1. The predicted molar refractivity (Wildman–Crippen MR) is 124 cm³/mol. The van der Waals surface area contributed by atoms with E-state index >= 15 is 0 Å². The van der Waals surface area contributed by atoms with Gasteiger partial charge in [-0.3, -0.25) is 4.90 Å². The summed E-state index contributed by atoms with van der Waals surface area (Å²) in [4.78, 5) is 32.0. The standard InChI is InChI=1S/C18H26N2O3S.2C2HF3O2/c1-14-12-15(13-20-8-6-19-7-9-20)2-3-16(14)23-18(17(21)22)4-10-24-11-5-18;2*3-2(4,5)1(6)7/h2-3,12,19H,4-11,13H2,1H3,(H,21,22);2*(H,6,7). The van der Waals surface area contributed by atoms with Gasteiger partial charge in [-0.1, -0.05) is 12.1 Å². The molecule has 2 aliphatic rings. The lowest BCUT2D eigenvalue weighted by molar-refractivity contribution is -0.193. The van der Waals surface area contributed by atoms with Crippen LogP contribution in [0.2, 0.25) is 0 Å². The maximum absolute atomic E-state index is 11.8. The molecule has 2 aliphatic heterocycles. The molecule has 0 aromatic heterocycles. The van der Waals surface area contributed by atoms with Crippen LogP contribution in [-0.4, -0.2) is 93.8 Å². The fraction of sp³-hybridized carbons (Fsp3) is 0.591. The second-order valence-corrected chi connectivity index (χ2v) is 9.47. The number of aliphatic carboxylic acids is 3. The van der Waals surface area contributed by atoms with Gasteiger partial charge in [-0.25, -0.2) is 14.4 Å². The maximum atomic E-state index is 11.8. The number of hydrogen-bond donors (Lipinski definition) is 4. The monoisotopic (exact) mass is 578 g/mol. The summed E-state index contributed by atoms with van der Waals surface area (Å²) in [7, 11) is 0. The van der Waals surface area contributed by atoms with E-state index in [1.165, 1.54) is 5.56 Å². The molecule has 2 fully saturated rings. The lowest BCUT2D eigenvalue weighted by Gasteiger charge is -2.34. The molecule has 3 rings (SSSR count). The minimum atomic E-state index is -5.08. The Labute approximate surface area is 218 Å². The molecule has 38 heavy (non-hydrogen) atoms. The van der Waals surface area contributed by atoms with E-state index in [9.17, 15) is 36.2 Å². The molecular formula is C22H28F6N2O7S. The van der Waals surface area contributed by atoms with Crippen LogP contribution in [0, 0.1) is 6.92 Å². The van der Waals surface area contributed by atoms with Gasteiger partial charge in [-0.15, -0.1) is 0 Å². The molecule has 0 spiro atoms. The van der Waals surface area contributed by atoms with Gasteiger partial charge in [-0.2, -0.15) is 38.1 Å². The quantitative estimate of drug-likeness (QED) is 0.385. The summed E-state index contributed by atoms with van der Waals surface area (Å²) in [5, 5.41) is 27.3. The zero-order chi connectivity index (χ0) is 29.1. The van der Waals surface area contributed by atoms with Gasteiger partial charge in [-0.05, 0) is 35.6 Å². The van der Waals surface area contributed by atoms with Gasteiger partial charge in [0.2, 0.25) is 5.60 Å². The molecule has 0 aliphatic carbocycles. The van der Waals surface area contributed by atoms with Crippen LogP contribution >= 0.6 is 11.8 Å². The Kier molecular flexibility index (Phi) is 12.7. The van der Waals surface area contributed by atoms with Crippen molar-refractivity contribution in [2.24, 2.45) is 0 Å². The maximum Gasteiger partial charge on any atom is 0.490 e. The molecule has 1 aromatic rings. The van der Waals surface area contributed by atoms with Gasteiger partial charge >= 0.3 is 30.3 Å². The van der Waals surface area contributed by atoms with Gasteiger partial charge in [0.05, 0.1) is 0 Å². The van der Waals surface area contributed by atoms with Crippen molar-refractivity contribution in [2.45, 2.75) is 44.3 Å². The van der Waals surface area contributed by atoms with Crippen LogP contribution in [0.4, 0.5) is 26.3 Å². The summed E-state index contributed by atoms with van der Waals surface area (Å²) in [5.41, 5.74) is 1.21. The Morgan fingerprint density at radius 3 is 1.84 bits per heavy atom. The van der Waals surface area contributed by atoms with Crippen LogP contribution < -0.4 is 10.1 Å². The number of alkyl halides is 6. The third-order valence-electron chi connectivity index (χ3n) is 5.34. The number of hydrogen-bond acceptors (Lipinski definition) is 7. The van der Waals surface area contributed by atoms with Crippen molar-refractivity contribution in [3.63, 3.8) is 0 Å². The number of carboxylic acids is 3. The third-order valence-corrected chi connectivity index (χ3v) is 6.32. The van der Waals surface area contributed by atoms with Gasteiger partial charge in [0.25, 0.3) is 0 Å². The van der Waals surface area contributed by atoms with Crippen LogP contribution in [0.3, 0.4) is 0 Å². The number of carbonyl (C=O) groups is 3. The molecule has 0 atom stereocenters. The van der Waals surface area contributed by atoms with Crippen molar-refractivity contribution in [3.8, 4) is 5.75 Å². The Hall–Kier alpha value is -2.72. The first-order chi connectivity index (χ1) is 17.5. The van der Waals surface area contributed by atoms with E-state index in [1.807, 2.05) is 13.0 Å². The zero-order valence-corrected chi connectivity index (χ0v) is 21.0. The number of thioether (sulfide) groups is 1. The van der Waals surface area contributed by atoms with E-state index in [0.717, 1.165) is 49.8 Å². The molecule has 0 bridgehead atoms. The molecule has 0 radical (unpaired) electrons. The summed E-state index contributed by atoms with van der Waals surface area (Å²) in [6.07, 6.45) is -9.04. The molecule has 1 aromatic carbocycles. The molecule has 9 nitrogen and oxygen atoms in total. The second kappa shape index (κ2) is 14.4. The highest BCUT2D eigenvalue weighted by Gasteiger charge is 2.43. The largest absolute Gasteiger partial charge is 0.490 e. The first-order valence-electron chi connectivity index (χ1n) is 11.1. The first kappa shape index (κ1) is 33.3. The molecule has 2 saturated heterocycles. The van der Waals surface area contributed by atoms with Crippen molar-refractivity contribution < 1.29 is 60.8 Å². The Morgan fingerprint density at radius 2 is 1.45 bits per heavy atom. The van der Waals surface area contributed by atoms with Crippen LogP contribution in [-0.2, 0) is 20.9 Å². The summed E-state index contributed by atoms with van der Waals surface area (Å²) in [6, 6.07) is 6.14. The molecule has 16 heteroatoms. The fourth-order valence-corrected chi connectivity index (χ4v) is 4.48. The van der Waals surface area contributed by atoms with Gasteiger partial charge in [0.15, 0.2) is 0 Å². The number of carboxylic acid groups (broad SMARTS) is 3. The topological polar surface area (TPSA) is 136 Å².